The van der Waals surface area contributed by atoms with Gasteiger partial charge in [-0.25, -0.2) is 4.98 Å². The Balaban J connectivity index is 1.41. The van der Waals surface area contributed by atoms with E-state index in [0.717, 1.165) is 40.3 Å². The summed E-state index contributed by atoms with van der Waals surface area (Å²) in [5.74, 6) is 7.83. The molecule has 0 spiro atoms. The molecule has 1 amide bonds. The topological polar surface area (TPSA) is 60.5 Å². The van der Waals surface area contributed by atoms with E-state index < -0.39 is 5.41 Å². The second kappa shape index (κ2) is 8.60. The highest BCUT2D eigenvalue weighted by Gasteiger charge is 2.49. The van der Waals surface area contributed by atoms with E-state index in [4.69, 9.17) is 9.47 Å². The molecule has 152 valence electrons. The Bertz CT molecular complexity index is 1110. The van der Waals surface area contributed by atoms with Gasteiger partial charge >= 0.3 is 0 Å². The number of nitrogens with one attached hydrogen (secondary N) is 1. The monoisotopic (exact) mass is 418 g/mol. The van der Waals surface area contributed by atoms with E-state index in [9.17, 15) is 4.79 Å². The summed E-state index contributed by atoms with van der Waals surface area (Å²) >= 11 is 1.48. The number of methoxy groups -OCH3 is 2. The van der Waals surface area contributed by atoms with E-state index >= 15 is 0 Å². The molecule has 1 aliphatic carbocycles. The van der Waals surface area contributed by atoms with Crippen molar-refractivity contribution in [2.45, 2.75) is 19.3 Å². The molecule has 30 heavy (non-hydrogen) atoms. The van der Waals surface area contributed by atoms with Gasteiger partial charge in [-0.2, -0.15) is 0 Å². The average Bonchev–Trinajstić information content (AvgIpc) is 3.46. The predicted octanol–water partition coefficient (Wildman–Crippen LogP) is 4.52. The number of ether oxygens (including phenoxy) is 2. The molecule has 1 saturated carbocycles. The van der Waals surface area contributed by atoms with E-state index in [0.29, 0.717) is 11.6 Å². The number of amides is 1. The number of benzene rings is 2. The first-order valence-corrected chi connectivity index (χ1v) is 10.5. The maximum absolute atomic E-state index is 12.8. The van der Waals surface area contributed by atoms with Gasteiger partial charge in [0.1, 0.15) is 16.9 Å². The number of hydrogen-bond donors (Lipinski definition) is 1. The molecule has 1 N–H and O–H groups in total. The van der Waals surface area contributed by atoms with Crippen molar-refractivity contribution in [3.63, 3.8) is 0 Å². The molecule has 1 aromatic heterocycles. The lowest BCUT2D eigenvalue weighted by Crippen LogP contribution is -2.22. The third-order valence-corrected chi connectivity index (χ3v) is 5.96. The van der Waals surface area contributed by atoms with Crippen LogP contribution in [-0.4, -0.2) is 25.1 Å². The summed E-state index contributed by atoms with van der Waals surface area (Å²) in [6.07, 6.45) is 4.04. The molecule has 4 rings (SSSR count). The summed E-state index contributed by atoms with van der Waals surface area (Å²) in [6, 6.07) is 15.4. The lowest BCUT2D eigenvalue weighted by molar-refractivity contribution is -0.119. The molecule has 1 heterocycles. The van der Waals surface area contributed by atoms with Gasteiger partial charge in [-0.3, -0.25) is 4.79 Å². The van der Waals surface area contributed by atoms with Gasteiger partial charge in [0.2, 0.25) is 5.91 Å². The van der Waals surface area contributed by atoms with Gasteiger partial charge in [-0.1, -0.05) is 30.0 Å². The fourth-order valence-electron chi connectivity index (χ4n) is 3.10. The zero-order chi connectivity index (χ0) is 21.0. The molecule has 6 heteroatoms. The molecule has 0 bridgehead atoms. The van der Waals surface area contributed by atoms with Gasteiger partial charge in [0, 0.05) is 23.1 Å². The number of aromatic nitrogens is 1. The van der Waals surface area contributed by atoms with Crippen molar-refractivity contribution in [1.29, 1.82) is 0 Å². The number of rotatable bonds is 6. The second-order valence-electron chi connectivity index (χ2n) is 7.14. The first kappa shape index (κ1) is 20.0. The van der Waals surface area contributed by atoms with Crippen LogP contribution < -0.4 is 14.8 Å². The minimum atomic E-state index is -0.617. The number of thiazole rings is 1. The van der Waals surface area contributed by atoms with Crippen LogP contribution in [0.1, 0.15) is 28.8 Å². The van der Waals surface area contributed by atoms with Crippen molar-refractivity contribution < 1.29 is 14.3 Å². The predicted molar refractivity (Wildman–Crippen MR) is 118 cm³/mol. The molecule has 0 saturated heterocycles. The fourth-order valence-corrected chi connectivity index (χ4v) is 3.93. The SMILES string of the molecule is COc1ccc(C#CC2(C(=O)Nc3ncc(Cc4ccccc4OC)s3)CC2)cc1. The molecule has 0 atom stereocenters. The lowest BCUT2D eigenvalue weighted by Gasteiger charge is -2.07. The molecule has 0 unspecified atom stereocenters. The van der Waals surface area contributed by atoms with E-state index in [1.807, 2.05) is 48.5 Å². The van der Waals surface area contributed by atoms with Crippen LogP contribution in [0.25, 0.3) is 0 Å². The highest BCUT2D eigenvalue weighted by molar-refractivity contribution is 7.15. The number of para-hydroxylation sites is 1. The number of anilines is 1. The molecule has 0 aliphatic heterocycles. The summed E-state index contributed by atoms with van der Waals surface area (Å²) in [6.45, 7) is 0. The van der Waals surface area contributed by atoms with Crippen LogP contribution >= 0.6 is 11.3 Å². The Morgan fingerprint density at radius 1 is 1.13 bits per heavy atom. The summed E-state index contributed by atoms with van der Waals surface area (Å²) in [5.41, 5.74) is 1.34. The van der Waals surface area contributed by atoms with Gasteiger partial charge < -0.3 is 14.8 Å². The average molecular weight is 419 g/mol. The van der Waals surface area contributed by atoms with Crippen LogP contribution in [0.4, 0.5) is 5.13 Å². The van der Waals surface area contributed by atoms with Crippen LogP contribution in [0, 0.1) is 17.3 Å². The largest absolute Gasteiger partial charge is 0.497 e. The zero-order valence-corrected chi connectivity index (χ0v) is 17.7. The number of nitrogens with zero attached hydrogens (tertiary/aromatic N) is 1. The molecule has 0 radical (unpaired) electrons. The van der Waals surface area contributed by atoms with Crippen molar-refractivity contribution in [2.75, 3.05) is 19.5 Å². The number of carbonyl (C=O) groups is 1. The molecule has 3 aromatic rings. The lowest BCUT2D eigenvalue weighted by atomic mass is 10.1. The van der Waals surface area contributed by atoms with Gasteiger partial charge in [0.25, 0.3) is 0 Å². The van der Waals surface area contributed by atoms with Gasteiger partial charge in [-0.05, 0) is 48.7 Å². The van der Waals surface area contributed by atoms with E-state index in [1.54, 1.807) is 20.4 Å². The van der Waals surface area contributed by atoms with Crippen LogP contribution in [0.5, 0.6) is 11.5 Å². The first-order valence-electron chi connectivity index (χ1n) is 9.67. The number of carbonyl (C=O) groups excluding carboxylic acids is 1. The maximum atomic E-state index is 12.8. The number of hydrogen-bond acceptors (Lipinski definition) is 5. The highest BCUT2D eigenvalue weighted by Crippen LogP contribution is 2.46. The fraction of sp³-hybridized carbons (Fsp3) is 0.250. The third kappa shape index (κ3) is 4.47. The highest BCUT2D eigenvalue weighted by atomic mass is 32.1. The minimum Gasteiger partial charge on any atom is -0.497 e. The summed E-state index contributed by atoms with van der Waals surface area (Å²) in [7, 11) is 3.30. The molecule has 1 fully saturated rings. The Hall–Kier alpha value is -3.30. The van der Waals surface area contributed by atoms with Crippen LogP contribution in [0.15, 0.2) is 54.7 Å². The first-order chi connectivity index (χ1) is 14.6. The smallest absolute Gasteiger partial charge is 0.244 e. The summed E-state index contributed by atoms with van der Waals surface area (Å²) < 4.78 is 10.6. The molecular weight excluding hydrogens is 396 g/mol. The van der Waals surface area contributed by atoms with Gasteiger partial charge in [0.05, 0.1) is 14.2 Å². The Morgan fingerprint density at radius 3 is 2.60 bits per heavy atom. The Kier molecular flexibility index (Phi) is 5.73. The van der Waals surface area contributed by atoms with E-state index in [-0.39, 0.29) is 5.91 Å². The normalized spacial score (nSPS) is 13.7. The summed E-state index contributed by atoms with van der Waals surface area (Å²) in [5, 5.41) is 3.55. The van der Waals surface area contributed by atoms with Crippen LogP contribution in [0.3, 0.4) is 0 Å². The maximum Gasteiger partial charge on any atom is 0.244 e. The van der Waals surface area contributed by atoms with Crippen LogP contribution in [-0.2, 0) is 11.2 Å². The molecule has 2 aromatic carbocycles. The van der Waals surface area contributed by atoms with Gasteiger partial charge in [-0.15, -0.1) is 11.3 Å². The molecule has 5 nitrogen and oxygen atoms in total. The van der Waals surface area contributed by atoms with Crippen molar-refractivity contribution in [1.82, 2.24) is 4.98 Å². The molecular formula is C24H22N2O3S. The Morgan fingerprint density at radius 2 is 1.90 bits per heavy atom. The Labute approximate surface area is 180 Å². The van der Waals surface area contributed by atoms with Crippen molar-refractivity contribution in [2.24, 2.45) is 5.41 Å². The third-order valence-electron chi connectivity index (χ3n) is 5.05. The van der Waals surface area contributed by atoms with Crippen molar-refractivity contribution >= 4 is 22.4 Å². The quantitative estimate of drug-likeness (QED) is 0.598. The minimum absolute atomic E-state index is 0.0818. The van der Waals surface area contributed by atoms with Gasteiger partial charge in [0.15, 0.2) is 5.13 Å². The van der Waals surface area contributed by atoms with E-state index in [1.165, 1.54) is 11.3 Å². The standard InChI is InChI=1S/C24H22N2O3S/c1-28-19-9-7-17(8-10-19)11-12-24(13-14-24)22(27)26-23-25-16-20(30-23)15-18-5-3-4-6-21(18)29-2/h3-10,16H,13-15H2,1-2H3,(H,25,26,27). The summed E-state index contributed by atoms with van der Waals surface area (Å²) in [4.78, 5) is 18.2. The second-order valence-corrected chi connectivity index (χ2v) is 8.25. The van der Waals surface area contributed by atoms with Crippen molar-refractivity contribution in [3.05, 3.63) is 70.7 Å². The van der Waals surface area contributed by atoms with E-state index in [2.05, 4.69) is 22.1 Å². The zero-order valence-electron chi connectivity index (χ0n) is 16.9. The molecule has 1 aliphatic rings. The van der Waals surface area contributed by atoms with Crippen LogP contribution in [0.2, 0.25) is 0 Å². The van der Waals surface area contributed by atoms with Crippen molar-refractivity contribution in [3.8, 4) is 23.3 Å².